The first-order valence-electron chi connectivity index (χ1n) is 9.38. The molecule has 0 fully saturated rings. The number of hydrogen-bond acceptors (Lipinski definition) is 1. The maximum Gasteiger partial charge on any atom is 0.252 e. The summed E-state index contributed by atoms with van der Waals surface area (Å²) < 4.78 is 0. The molecule has 4 rings (SSSR count). The summed E-state index contributed by atoms with van der Waals surface area (Å²) in [6, 6.07) is 37.7. The van der Waals surface area contributed by atoms with Gasteiger partial charge in [-0.3, -0.25) is 4.79 Å². The highest BCUT2D eigenvalue weighted by atomic mass is 16.1. The molecule has 0 bridgehead atoms. The van der Waals surface area contributed by atoms with Crippen LogP contribution in [0.1, 0.15) is 27.5 Å². The van der Waals surface area contributed by atoms with Gasteiger partial charge in [-0.2, -0.15) is 0 Å². The van der Waals surface area contributed by atoms with Crippen molar-refractivity contribution in [1.82, 2.24) is 5.32 Å². The average molecular weight is 363 g/mol. The van der Waals surface area contributed by atoms with Crippen molar-refractivity contribution in [3.8, 4) is 11.1 Å². The summed E-state index contributed by atoms with van der Waals surface area (Å²) in [5.74, 6) is -0.0860. The predicted molar refractivity (Wildman–Crippen MR) is 114 cm³/mol. The minimum absolute atomic E-state index is 0.0860. The second kappa shape index (κ2) is 8.36. The fourth-order valence-electron chi connectivity index (χ4n) is 3.41. The van der Waals surface area contributed by atoms with E-state index in [4.69, 9.17) is 0 Å². The summed E-state index contributed by atoms with van der Waals surface area (Å²) in [6.45, 7) is 0. The molecule has 1 N–H and O–H groups in total. The van der Waals surface area contributed by atoms with Gasteiger partial charge in [0.25, 0.3) is 5.91 Å². The zero-order valence-electron chi connectivity index (χ0n) is 15.5. The van der Waals surface area contributed by atoms with Gasteiger partial charge in [0.1, 0.15) is 0 Å². The molecule has 0 aliphatic rings. The Morgan fingerprint density at radius 3 is 1.61 bits per heavy atom. The Morgan fingerprint density at radius 2 is 1.04 bits per heavy atom. The van der Waals surface area contributed by atoms with Crippen LogP contribution in [-0.4, -0.2) is 5.91 Å². The van der Waals surface area contributed by atoms with Gasteiger partial charge >= 0.3 is 0 Å². The third-order valence-corrected chi connectivity index (χ3v) is 4.80. The van der Waals surface area contributed by atoms with Crippen molar-refractivity contribution in [2.45, 2.75) is 6.04 Å². The number of nitrogens with one attached hydrogen (secondary N) is 1. The molecule has 2 heteroatoms. The van der Waals surface area contributed by atoms with Crippen LogP contribution < -0.4 is 5.32 Å². The summed E-state index contributed by atoms with van der Waals surface area (Å²) >= 11 is 0. The van der Waals surface area contributed by atoms with Gasteiger partial charge in [-0.15, -0.1) is 0 Å². The van der Waals surface area contributed by atoms with Crippen molar-refractivity contribution in [2.24, 2.45) is 0 Å². The fourth-order valence-corrected chi connectivity index (χ4v) is 3.41. The lowest BCUT2D eigenvalue weighted by Crippen LogP contribution is -2.29. The zero-order chi connectivity index (χ0) is 19.2. The molecule has 0 atom stereocenters. The topological polar surface area (TPSA) is 29.1 Å². The molecule has 136 valence electrons. The third-order valence-electron chi connectivity index (χ3n) is 4.80. The molecule has 4 aromatic carbocycles. The van der Waals surface area contributed by atoms with Crippen LogP contribution in [0.4, 0.5) is 0 Å². The lowest BCUT2D eigenvalue weighted by Gasteiger charge is -2.21. The second-order valence-electron chi connectivity index (χ2n) is 6.64. The Kier molecular flexibility index (Phi) is 5.30. The number of amides is 1. The van der Waals surface area contributed by atoms with Crippen LogP contribution in [0.5, 0.6) is 0 Å². The van der Waals surface area contributed by atoms with Crippen LogP contribution in [0.3, 0.4) is 0 Å². The highest BCUT2D eigenvalue weighted by molar-refractivity contribution is 6.01. The van der Waals surface area contributed by atoms with Gasteiger partial charge < -0.3 is 5.32 Å². The third kappa shape index (κ3) is 3.86. The molecule has 2 nitrogen and oxygen atoms in total. The summed E-state index contributed by atoms with van der Waals surface area (Å²) in [5.41, 5.74) is 4.74. The molecule has 0 aliphatic carbocycles. The molecular formula is C26H21NO. The van der Waals surface area contributed by atoms with Gasteiger partial charge in [0.2, 0.25) is 0 Å². The van der Waals surface area contributed by atoms with E-state index in [0.29, 0.717) is 5.56 Å². The quantitative estimate of drug-likeness (QED) is 0.472. The van der Waals surface area contributed by atoms with Crippen molar-refractivity contribution in [3.05, 3.63) is 132 Å². The van der Waals surface area contributed by atoms with Gasteiger partial charge in [0.15, 0.2) is 0 Å². The minimum atomic E-state index is -0.210. The Hall–Kier alpha value is -3.65. The Balaban J connectivity index is 1.70. The van der Waals surface area contributed by atoms with E-state index < -0.39 is 0 Å². The molecule has 1 amide bonds. The fraction of sp³-hybridized carbons (Fsp3) is 0.0385. The first-order valence-corrected chi connectivity index (χ1v) is 9.38. The Morgan fingerprint density at radius 1 is 0.571 bits per heavy atom. The maximum absolute atomic E-state index is 13.3. The van der Waals surface area contributed by atoms with Gasteiger partial charge in [0, 0.05) is 5.56 Å². The highest BCUT2D eigenvalue weighted by Gasteiger charge is 2.19. The van der Waals surface area contributed by atoms with Crippen molar-refractivity contribution in [3.63, 3.8) is 0 Å². The standard InChI is InChI=1S/C26H21NO/c28-26(24-19-11-10-18-23(24)20-12-4-1-5-13-20)27-25(21-14-6-2-7-15-21)22-16-8-3-9-17-22/h1-19,25H,(H,27,28). The molecule has 0 aromatic heterocycles. The monoisotopic (exact) mass is 363 g/mol. The summed E-state index contributed by atoms with van der Waals surface area (Å²) in [4.78, 5) is 13.3. The van der Waals surface area contributed by atoms with Crippen LogP contribution in [0.2, 0.25) is 0 Å². The number of carbonyl (C=O) groups excluding carboxylic acids is 1. The van der Waals surface area contributed by atoms with E-state index >= 15 is 0 Å². The molecular weight excluding hydrogens is 342 g/mol. The second-order valence-corrected chi connectivity index (χ2v) is 6.64. The predicted octanol–water partition coefficient (Wildman–Crippen LogP) is 5.87. The molecule has 0 spiro atoms. The number of carbonyl (C=O) groups is 1. The normalized spacial score (nSPS) is 10.6. The summed E-state index contributed by atoms with van der Waals surface area (Å²) in [6.07, 6.45) is 0. The van der Waals surface area contributed by atoms with Gasteiger partial charge in [-0.25, -0.2) is 0 Å². The van der Waals surface area contributed by atoms with E-state index in [1.165, 1.54) is 0 Å². The maximum atomic E-state index is 13.3. The van der Waals surface area contributed by atoms with Crippen molar-refractivity contribution < 1.29 is 4.79 Å². The van der Waals surface area contributed by atoms with Crippen LogP contribution in [0.25, 0.3) is 11.1 Å². The SMILES string of the molecule is O=C(NC(c1ccccc1)c1ccccc1)c1ccccc1-c1ccccc1. The molecule has 0 saturated heterocycles. The van der Waals surface area contributed by atoms with E-state index in [0.717, 1.165) is 22.3 Å². The molecule has 0 unspecified atom stereocenters. The van der Waals surface area contributed by atoms with Gasteiger partial charge in [0.05, 0.1) is 6.04 Å². The number of hydrogen-bond donors (Lipinski definition) is 1. The molecule has 4 aromatic rings. The smallest absolute Gasteiger partial charge is 0.252 e. The Bertz CT molecular complexity index is 1000. The van der Waals surface area contributed by atoms with Crippen molar-refractivity contribution in [1.29, 1.82) is 0 Å². The first-order chi connectivity index (χ1) is 13.8. The lowest BCUT2D eigenvalue weighted by molar-refractivity contribution is 0.0943. The van der Waals surface area contributed by atoms with Crippen molar-refractivity contribution >= 4 is 5.91 Å². The highest BCUT2D eigenvalue weighted by Crippen LogP contribution is 2.26. The summed E-state index contributed by atoms with van der Waals surface area (Å²) in [5, 5.41) is 3.24. The van der Waals surface area contributed by atoms with Crippen LogP contribution >= 0.6 is 0 Å². The van der Waals surface area contributed by atoms with E-state index in [-0.39, 0.29) is 11.9 Å². The zero-order valence-corrected chi connectivity index (χ0v) is 15.5. The van der Waals surface area contributed by atoms with E-state index in [1.54, 1.807) is 0 Å². The molecule has 0 radical (unpaired) electrons. The molecule has 0 aliphatic heterocycles. The van der Waals surface area contributed by atoms with Crippen LogP contribution in [-0.2, 0) is 0 Å². The van der Waals surface area contributed by atoms with Crippen LogP contribution in [0.15, 0.2) is 115 Å². The average Bonchev–Trinajstić information content (AvgIpc) is 2.79. The lowest BCUT2D eigenvalue weighted by atomic mass is 9.96. The molecule has 0 heterocycles. The van der Waals surface area contributed by atoms with Gasteiger partial charge in [-0.05, 0) is 28.3 Å². The molecule has 28 heavy (non-hydrogen) atoms. The molecule has 0 saturated carbocycles. The van der Waals surface area contributed by atoms with Crippen LogP contribution in [0, 0.1) is 0 Å². The van der Waals surface area contributed by atoms with E-state index in [2.05, 4.69) is 5.32 Å². The van der Waals surface area contributed by atoms with E-state index in [1.807, 2.05) is 115 Å². The summed E-state index contributed by atoms with van der Waals surface area (Å²) in [7, 11) is 0. The minimum Gasteiger partial charge on any atom is -0.341 e. The Labute approximate surface area is 165 Å². The first kappa shape index (κ1) is 17.7. The largest absolute Gasteiger partial charge is 0.341 e. The van der Waals surface area contributed by atoms with Gasteiger partial charge in [-0.1, -0.05) is 109 Å². The van der Waals surface area contributed by atoms with E-state index in [9.17, 15) is 4.79 Å². The number of benzene rings is 4. The van der Waals surface area contributed by atoms with Crippen molar-refractivity contribution in [2.75, 3.05) is 0 Å². The number of rotatable bonds is 5.